The second-order valence-electron chi connectivity index (χ2n) is 4.31. The molecule has 2 aliphatic rings. The van der Waals surface area contributed by atoms with Gasteiger partial charge in [-0.2, -0.15) is 0 Å². The molecule has 6 heteroatoms. The first kappa shape index (κ1) is 15.1. The first-order chi connectivity index (χ1) is 8.79. The fraction of sp³-hybridized carbons (Fsp3) is 0.538. The molecule has 2 rings (SSSR count). The predicted octanol–water partition coefficient (Wildman–Crippen LogP) is 1.92. The summed E-state index contributed by atoms with van der Waals surface area (Å²) in [6, 6.07) is 0. The number of Topliss-reactive ketones (excluding diaryl/α,β-unsaturated/α-hetero) is 2. The molecule has 2 unspecified atom stereocenters. The Labute approximate surface area is 111 Å². The van der Waals surface area contributed by atoms with Gasteiger partial charge in [-0.05, 0) is 27.2 Å². The van der Waals surface area contributed by atoms with Crippen molar-refractivity contribution < 1.29 is 29.3 Å². The van der Waals surface area contributed by atoms with E-state index in [0.717, 1.165) is 0 Å². The van der Waals surface area contributed by atoms with Crippen LogP contribution in [0.3, 0.4) is 0 Å². The van der Waals surface area contributed by atoms with Crippen LogP contribution in [0.15, 0.2) is 23.0 Å². The van der Waals surface area contributed by atoms with Gasteiger partial charge in [0.25, 0.3) is 0 Å². The Balaban J connectivity index is 0.000000191. The maximum absolute atomic E-state index is 10.9. The third-order valence-corrected chi connectivity index (χ3v) is 2.84. The summed E-state index contributed by atoms with van der Waals surface area (Å²) >= 11 is 0. The molecule has 2 atom stereocenters. The zero-order chi connectivity index (χ0) is 14.7. The van der Waals surface area contributed by atoms with E-state index >= 15 is 0 Å². The first-order valence-electron chi connectivity index (χ1n) is 6.01. The van der Waals surface area contributed by atoms with Gasteiger partial charge in [-0.25, -0.2) is 0 Å². The highest BCUT2D eigenvalue weighted by Gasteiger charge is 2.31. The van der Waals surface area contributed by atoms with Crippen molar-refractivity contribution >= 4 is 11.6 Å². The molecule has 0 aromatic carbocycles. The van der Waals surface area contributed by atoms with Crippen molar-refractivity contribution in [1.29, 1.82) is 0 Å². The van der Waals surface area contributed by atoms with E-state index in [9.17, 15) is 9.59 Å². The van der Waals surface area contributed by atoms with E-state index in [-0.39, 0.29) is 23.1 Å². The third-order valence-electron chi connectivity index (χ3n) is 2.84. The van der Waals surface area contributed by atoms with Gasteiger partial charge in [0, 0.05) is 0 Å². The lowest BCUT2D eigenvalue weighted by atomic mass is 10.2. The number of aliphatic hydroxyl groups is 2. The maximum atomic E-state index is 10.9. The van der Waals surface area contributed by atoms with Crippen molar-refractivity contribution in [3.63, 3.8) is 0 Å². The van der Waals surface area contributed by atoms with Crippen molar-refractivity contribution in [2.45, 2.75) is 46.3 Å². The Kier molecular flexibility index (Phi) is 4.58. The summed E-state index contributed by atoms with van der Waals surface area (Å²) in [5, 5.41) is 17.8. The molecular weight excluding hydrogens is 252 g/mol. The van der Waals surface area contributed by atoms with Gasteiger partial charge in [-0.3, -0.25) is 9.59 Å². The van der Waals surface area contributed by atoms with E-state index in [1.165, 1.54) is 0 Å². The number of hydrogen-bond donors (Lipinski definition) is 2. The minimum atomic E-state index is -0.495. The van der Waals surface area contributed by atoms with Crippen LogP contribution in [0.1, 0.15) is 34.1 Å². The van der Waals surface area contributed by atoms with Crippen LogP contribution in [0.2, 0.25) is 0 Å². The zero-order valence-electron chi connectivity index (χ0n) is 11.4. The van der Waals surface area contributed by atoms with Crippen molar-refractivity contribution in [3.8, 4) is 0 Å². The van der Waals surface area contributed by atoms with E-state index in [2.05, 4.69) is 0 Å². The van der Waals surface area contributed by atoms with Gasteiger partial charge in [0.2, 0.25) is 23.1 Å². The van der Waals surface area contributed by atoms with Crippen molar-refractivity contribution in [2.24, 2.45) is 0 Å². The molecule has 2 heterocycles. The van der Waals surface area contributed by atoms with Gasteiger partial charge in [0.1, 0.15) is 11.5 Å². The first-order valence-corrected chi connectivity index (χ1v) is 6.01. The lowest BCUT2D eigenvalue weighted by molar-refractivity contribution is -0.123. The molecule has 0 saturated carbocycles. The normalized spacial score (nSPS) is 26.1. The molecule has 0 saturated heterocycles. The quantitative estimate of drug-likeness (QED) is 0.756. The van der Waals surface area contributed by atoms with Crippen LogP contribution >= 0.6 is 0 Å². The number of aliphatic hydroxyl groups excluding tert-OH is 2. The Hall–Kier alpha value is -1.98. The fourth-order valence-electron chi connectivity index (χ4n) is 1.66. The van der Waals surface area contributed by atoms with Crippen LogP contribution in [0, 0.1) is 0 Å². The Morgan fingerprint density at radius 3 is 1.63 bits per heavy atom. The molecule has 0 radical (unpaired) electrons. The highest BCUT2D eigenvalue weighted by atomic mass is 16.5. The number of ketones is 2. The molecule has 106 valence electrons. The standard InChI is InChI=1S/C7H10O3.C6H8O3/c1-3-5-7(9)6(8)4(2)10-5;1-3-5(7)6(8)4(2)9-3/h5,8H,3H2,1-2H3;3,8H,1-2H3. The van der Waals surface area contributed by atoms with Crippen LogP contribution in [0.4, 0.5) is 0 Å². The summed E-state index contributed by atoms with van der Waals surface area (Å²) in [7, 11) is 0. The van der Waals surface area contributed by atoms with Crippen LogP contribution in [0.25, 0.3) is 0 Å². The van der Waals surface area contributed by atoms with Crippen LogP contribution in [-0.2, 0) is 19.1 Å². The Bertz CT molecular complexity index is 460. The number of hydrogen-bond acceptors (Lipinski definition) is 6. The van der Waals surface area contributed by atoms with Crippen LogP contribution in [0.5, 0.6) is 0 Å². The molecule has 0 aliphatic carbocycles. The van der Waals surface area contributed by atoms with E-state index < -0.39 is 12.2 Å². The number of carbonyl (C=O) groups is 2. The monoisotopic (exact) mass is 270 g/mol. The van der Waals surface area contributed by atoms with Gasteiger partial charge in [-0.15, -0.1) is 0 Å². The summed E-state index contributed by atoms with van der Waals surface area (Å²) in [5.74, 6) is -0.397. The lowest BCUT2D eigenvalue weighted by Crippen LogP contribution is -2.16. The smallest absolute Gasteiger partial charge is 0.240 e. The van der Waals surface area contributed by atoms with Gasteiger partial charge >= 0.3 is 0 Å². The number of ether oxygens (including phenoxy) is 2. The van der Waals surface area contributed by atoms with E-state index in [1.807, 2.05) is 6.92 Å². The average Bonchev–Trinajstić information content (AvgIpc) is 2.75. The van der Waals surface area contributed by atoms with Gasteiger partial charge < -0.3 is 19.7 Å². The molecule has 2 N–H and O–H groups in total. The summed E-state index contributed by atoms with van der Waals surface area (Å²) < 4.78 is 9.88. The summed E-state index contributed by atoms with van der Waals surface area (Å²) in [4.78, 5) is 21.6. The molecule has 0 spiro atoms. The molecule has 6 nitrogen and oxygen atoms in total. The van der Waals surface area contributed by atoms with E-state index in [4.69, 9.17) is 19.7 Å². The molecule has 0 amide bonds. The fourth-order valence-corrected chi connectivity index (χ4v) is 1.66. The van der Waals surface area contributed by atoms with Crippen molar-refractivity contribution in [1.82, 2.24) is 0 Å². The predicted molar refractivity (Wildman–Crippen MR) is 66.4 cm³/mol. The highest BCUT2D eigenvalue weighted by molar-refractivity contribution is 5.99. The summed E-state index contributed by atoms with van der Waals surface area (Å²) in [6.07, 6.45) is -0.328. The van der Waals surface area contributed by atoms with Crippen molar-refractivity contribution in [3.05, 3.63) is 23.0 Å². The third kappa shape index (κ3) is 3.07. The second kappa shape index (κ2) is 5.77. The second-order valence-corrected chi connectivity index (χ2v) is 4.31. The average molecular weight is 270 g/mol. The van der Waals surface area contributed by atoms with E-state index in [0.29, 0.717) is 17.9 Å². The molecule has 0 aromatic rings. The molecule has 0 aromatic heterocycles. The number of carbonyl (C=O) groups excluding carboxylic acids is 2. The molecule has 2 aliphatic heterocycles. The zero-order valence-corrected chi connectivity index (χ0v) is 11.4. The molecule has 0 fully saturated rings. The molecule has 0 bridgehead atoms. The minimum Gasteiger partial charge on any atom is -0.502 e. The van der Waals surface area contributed by atoms with Crippen LogP contribution < -0.4 is 0 Å². The minimum absolute atomic E-state index is 0.216. The van der Waals surface area contributed by atoms with Crippen molar-refractivity contribution in [2.75, 3.05) is 0 Å². The lowest BCUT2D eigenvalue weighted by Gasteiger charge is -2.04. The van der Waals surface area contributed by atoms with Crippen LogP contribution in [-0.4, -0.2) is 34.0 Å². The van der Waals surface area contributed by atoms with E-state index in [1.54, 1.807) is 20.8 Å². The largest absolute Gasteiger partial charge is 0.502 e. The number of allylic oxidation sites excluding steroid dienone is 2. The molecular formula is C13H18O6. The topological polar surface area (TPSA) is 93.1 Å². The summed E-state index contributed by atoms with van der Waals surface area (Å²) in [5.41, 5.74) is 0. The van der Waals surface area contributed by atoms with Gasteiger partial charge in [0.15, 0.2) is 12.2 Å². The van der Waals surface area contributed by atoms with Gasteiger partial charge in [-0.1, -0.05) is 6.92 Å². The Morgan fingerprint density at radius 2 is 1.47 bits per heavy atom. The highest BCUT2D eigenvalue weighted by Crippen LogP contribution is 2.20. The Morgan fingerprint density at radius 1 is 1.00 bits per heavy atom. The maximum Gasteiger partial charge on any atom is 0.240 e. The SMILES string of the molecule is CC1=C(O)C(=O)C(C)O1.CCC1OC(C)=C(O)C1=O. The van der Waals surface area contributed by atoms with Gasteiger partial charge in [0.05, 0.1) is 0 Å². The summed E-state index contributed by atoms with van der Waals surface area (Å²) in [6.45, 7) is 6.60. The number of rotatable bonds is 1. The molecule has 19 heavy (non-hydrogen) atoms.